The van der Waals surface area contributed by atoms with E-state index in [1.165, 1.54) is 0 Å². The van der Waals surface area contributed by atoms with Crippen LogP contribution in [0, 0.1) is 0 Å². The fourth-order valence-corrected chi connectivity index (χ4v) is 1.23. The van der Waals surface area contributed by atoms with Crippen molar-refractivity contribution >= 4 is 0 Å². The number of rotatable bonds is 3. The van der Waals surface area contributed by atoms with Crippen LogP contribution in [0.1, 0.15) is 0 Å². The third-order valence-electron chi connectivity index (χ3n) is 1.96. The van der Waals surface area contributed by atoms with Crippen molar-refractivity contribution in [3.05, 3.63) is 0 Å². The summed E-state index contributed by atoms with van der Waals surface area (Å²) in [6, 6.07) is 0. The fourth-order valence-electron chi connectivity index (χ4n) is 1.23. The van der Waals surface area contributed by atoms with Gasteiger partial charge in [0, 0.05) is 0 Å². The summed E-state index contributed by atoms with van der Waals surface area (Å²) in [5, 5.41) is 0. The Bertz CT molecular complexity index is 159. The maximum Gasteiger partial charge on any atom is 0.149 e. The molecule has 1 aliphatic rings. The molecule has 1 fully saturated rings. The number of hydrogen-bond donors (Lipinski definition) is 4. The highest BCUT2D eigenvalue weighted by molar-refractivity contribution is 4.86. The van der Waals surface area contributed by atoms with Gasteiger partial charge >= 0.3 is 0 Å². The molecule has 8 nitrogen and oxygen atoms in total. The standard InChI is InChI=1S/C5H14N4O4/c6-5-4(13-9)3(12-8)2(11-7)1-10-5/h2-5H,1,6-9H2/t2-,3+,4-,5-/m1/s1. The van der Waals surface area contributed by atoms with Crippen LogP contribution in [0.5, 0.6) is 0 Å². The first kappa shape index (κ1) is 10.8. The monoisotopic (exact) mass is 194 g/mol. The molecule has 0 unspecified atom stereocenters. The second-order valence-electron chi connectivity index (χ2n) is 2.67. The summed E-state index contributed by atoms with van der Waals surface area (Å²) in [6.07, 6.45) is -2.59. The summed E-state index contributed by atoms with van der Waals surface area (Å²) in [7, 11) is 0. The Morgan fingerprint density at radius 2 is 1.62 bits per heavy atom. The van der Waals surface area contributed by atoms with Gasteiger partial charge in [0.2, 0.25) is 0 Å². The van der Waals surface area contributed by atoms with Crippen LogP contribution in [0.3, 0.4) is 0 Å². The molecule has 0 radical (unpaired) electrons. The van der Waals surface area contributed by atoms with E-state index in [0.717, 1.165) is 0 Å². The predicted molar refractivity (Wildman–Crippen MR) is 41.1 cm³/mol. The summed E-state index contributed by atoms with van der Waals surface area (Å²) in [5.74, 6) is 15.0. The molecule has 0 bridgehead atoms. The maximum absolute atomic E-state index is 5.51. The third-order valence-corrected chi connectivity index (χ3v) is 1.96. The summed E-state index contributed by atoms with van der Waals surface area (Å²) in [5.41, 5.74) is 5.51. The topological polar surface area (TPSA) is 141 Å². The molecule has 0 spiro atoms. The average Bonchev–Trinajstić information content (AvgIpc) is 2.17. The van der Waals surface area contributed by atoms with E-state index < -0.39 is 24.5 Å². The molecule has 1 saturated heterocycles. The van der Waals surface area contributed by atoms with E-state index in [4.69, 9.17) is 28.2 Å². The third kappa shape index (κ3) is 2.13. The molecular formula is C5H14N4O4. The minimum atomic E-state index is -0.704. The molecule has 78 valence electrons. The molecule has 0 aromatic heterocycles. The van der Waals surface area contributed by atoms with Crippen LogP contribution < -0.4 is 23.4 Å². The largest absolute Gasteiger partial charge is 0.358 e. The van der Waals surface area contributed by atoms with Crippen molar-refractivity contribution in [2.24, 2.45) is 23.4 Å². The lowest BCUT2D eigenvalue weighted by Crippen LogP contribution is -2.60. The van der Waals surface area contributed by atoms with Crippen molar-refractivity contribution in [1.29, 1.82) is 0 Å². The highest BCUT2D eigenvalue weighted by Gasteiger charge is 2.41. The van der Waals surface area contributed by atoms with E-state index in [9.17, 15) is 0 Å². The van der Waals surface area contributed by atoms with Gasteiger partial charge in [0.25, 0.3) is 0 Å². The van der Waals surface area contributed by atoms with E-state index in [1.807, 2.05) is 0 Å². The van der Waals surface area contributed by atoms with Crippen LogP contribution >= 0.6 is 0 Å². The molecule has 1 rings (SSSR count). The Kier molecular flexibility index (Phi) is 3.96. The first-order chi connectivity index (χ1) is 6.24. The van der Waals surface area contributed by atoms with Crippen molar-refractivity contribution in [3.8, 4) is 0 Å². The van der Waals surface area contributed by atoms with Gasteiger partial charge in [0.05, 0.1) is 6.61 Å². The van der Waals surface area contributed by atoms with E-state index in [1.54, 1.807) is 0 Å². The zero-order valence-corrected chi connectivity index (χ0v) is 6.96. The van der Waals surface area contributed by atoms with Gasteiger partial charge in [0.15, 0.2) is 0 Å². The van der Waals surface area contributed by atoms with Crippen LogP contribution in [-0.2, 0) is 19.2 Å². The Hall–Kier alpha value is -0.320. The van der Waals surface area contributed by atoms with Gasteiger partial charge in [-0.1, -0.05) is 0 Å². The molecule has 8 N–H and O–H groups in total. The highest BCUT2D eigenvalue weighted by atomic mass is 16.7. The van der Waals surface area contributed by atoms with Crippen LogP contribution in [-0.4, -0.2) is 31.1 Å². The molecular weight excluding hydrogens is 180 g/mol. The van der Waals surface area contributed by atoms with Gasteiger partial charge in [-0.25, -0.2) is 17.7 Å². The van der Waals surface area contributed by atoms with Crippen LogP contribution in [0.15, 0.2) is 0 Å². The molecule has 0 saturated carbocycles. The van der Waals surface area contributed by atoms with E-state index >= 15 is 0 Å². The van der Waals surface area contributed by atoms with Crippen molar-refractivity contribution in [3.63, 3.8) is 0 Å². The van der Waals surface area contributed by atoms with Gasteiger partial charge in [-0.2, -0.15) is 0 Å². The lowest BCUT2D eigenvalue weighted by atomic mass is 10.0. The van der Waals surface area contributed by atoms with Gasteiger partial charge in [-0.15, -0.1) is 0 Å². The lowest BCUT2D eigenvalue weighted by Gasteiger charge is -2.37. The highest BCUT2D eigenvalue weighted by Crippen LogP contribution is 2.17. The molecule has 13 heavy (non-hydrogen) atoms. The Morgan fingerprint density at radius 3 is 2.08 bits per heavy atom. The Labute approximate surface area is 74.9 Å². The van der Waals surface area contributed by atoms with Crippen LogP contribution in [0.25, 0.3) is 0 Å². The number of hydrogen-bond acceptors (Lipinski definition) is 8. The van der Waals surface area contributed by atoms with Gasteiger partial charge in [-0.3, -0.25) is 14.5 Å². The minimum absolute atomic E-state index is 0.180. The Morgan fingerprint density at radius 1 is 1.00 bits per heavy atom. The smallest absolute Gasteiger partial charge is 0.149 e. The molecule has 0 aromatic carbocycles. The molecule has 0 aliphatic carbocycles. The van der Waals surface area contributed by atoms with E-state index in [2.05, 4.69) is 14.5 Å². The van der Waals surface area contributed by atoms with Gasteiger partial charge in [0.1, 0.15) is 24.5 Å². The fraction of sp³-hybridized carbons (Fsp3) is 1.00. The van der Waals surface area contributed by atoms with Gasteiger partial charge in [-0.05, 0) is 0 Å². The van der Waals surface area contributed by atoms with Crippen molar-refractivity contribution in [2.75, 3.05) is 6.61 Å². The Balaban J connectivity index is 2.64. The van der Waals surface area contributed by atoms with Crippen molar-refractivity contribution < 1.29 is 19.2 Å². The number of nitrogens with two attached hydrogens (primary N) is 4. The van der Waals surface area contributed by atoms with E-state index in [-0.39, 0.29) is 6.61 Å². The van der Waals surface area contributed by atoms with Gasteiger partial charge < -0.3 is 10.5 Å². The summed E-state index contributed by atoms with van der Waals surface area (Å²) >= 11 is 0. The van der Waals surface area contributed by atoms with Crippen LogP contribution in [0.2, 0.25) is 0 Å². The molecule has 0 amide bonds. The zero-order valence-electron chi connectivity index (χ0n) is 6.96. The predicted octanol–water partition coefficient (Wildman–Crippen LogP) is -2.92. The number of ether oxygens (including phenoxy) is 1. The van der Waals surface area contributed by atoms with Crippen LogP contribution in [0.4, 0.5) is 0 Å². The normalized spacial score (nSPS) is 40.6. The molecule has 0 aromatic rings. The quantitative estimate of drug-likeness (QED) is 0.350. The summed E-state index contributed by atoms with van der Waals surface area (Å²) in [6.45, 7) is 0.180. The van der Waals surface area contributed by atoms with Crippen molar-refractivity contribution in [2.45, 2.75) is 24.5 Å². The summed E-state index contributed by atoms with van der Waals surface area (Å²) < 4.78 is 5.05. The maximum atomic E-state index is 5.51. The zero-order chi connectivity index (χ0) is 9.84. The lowest BCUT2D eigenvalue weighted by molar-refractivity contribution is -0.232. The second-order valence-corrected chi connectivity index (χ2v) is 2.67. The molecule has 1 aliphatic heterocycles. The first-order valence-electron chi connectivity index (χ1n) is 3.68. The summed E-state index contributed by atoms with van der Waals surface area (Å²) in [4.78, 5) is 13.7. The average molecular weight is 194 g/mol. The van der Waals surface area contributed by atoms with Crippen molar-refractivity contribution in [1.82, 2.24) is 0 Å². The molecule has 4 atom stereocenters. The molecule has 1 heterocycles. The minimum Gasteiger partial charge on any atom is -0.358 e. The SMILES string of the molecule is NO[C@@H]1[C@@H](ON)[C@H](ON)CO[C@H]1N. The molecule has 8 heteroatoms. The first-order valence-corrected chi connectivity index (χ1v) is 3.68. The second kappa shape index (κ2) is 4.79. The van der Waals surface area contributed by atoms with E-state index in [0.29, 0.717) is 0 Å².